The van der Waals surface area contributed by atoms with Gasteiger partial charge in [0.05, 0.1) is 12.0 Å². The van der Waals surface area contributed by atoms with Gasteiger partial charge in [-0.15, -0.1) is 0 Å². The Morgan fingerprint density at radius 2 is 1.36 bits per heavy atom. The van der Waals surface area contributed by atoms with Crippen LogP contribution < -0.4 is 16.4 Å². The van der Waals surface area contributed by atoms with Gasteiger partial charge in [0.2, 0.25) is 15.9 Å². The van der Waals surface area contributed by atoms with E-state index in [-0.39, 0.29) is 38.8 Å². The van der Waals surface area contributed by atoms with Gasteiger partial charge < -0.3 is 21.1 Å². The van der Waals surface area contributed by atoms with Crippen LogP contribution >= 0.6 is 0 Å². The predicted molar refractivity (Wildman–Crippen MR) is 170 cm³/mol. The van der Waals surface area contributed by atoms with Crippen LogP contribution in [-0.2, 0) is 19.6 Å². The number of nitrogens with one attached hydrogen (secondary N) is 2. The maximum atomic E-state index is 13.7. The van der Waals surface area contributed by atoms with Gasteiger partial charge in [-0.05, 0) is 48.2 Å². The van der Waals surface area contributed by atoms with E-state index in [1.165, 1.54) is 23.5 Å². The van der Waals surface area contributed by atoms with Gasteiger partial charge >= 0.3 is 6.09 Å². The van der Waals surface area contributed by atoms with E-state index in [0.717, 1.165) is 11.1 Å². The highest BCUT2D eigenvalue weighted by molar-refractivity contribution is 7.89. The summed E-state index contributed by atoms with van der Waals surface area (Å²) in [7, 11) is -2.63. The second kappa shape index (κ2) is 16.5. The fourth-order valence-corrected chi connectivity index (χ4v) is 6.29. The number of rotatable bonds is 12. The number of methoxy groups -OCH3 is 1. The Morgan fingerprint density at radius 3 is 1.81 bits per heavy atom. The lowest BCUT2D eigenvalue weighted by Crippen LogP contribution is -2.53. The Balaban J connectivity index is 0.00000441. The molecule has 0 saturated heterocycles. The minimum Gasteiger partial charge on any atom is -0.453 e. The number of nitrogens with zero attached hydrogens (tertiary/aromatic N) is 1. The molecule has 9 nitrogen and oxygen atoms in total. The molecule has 0 aliphatic heterocycles. The van der Waals surface area contributed by atoms with Gasteiger partial charge in [-0.1, -0.05) is 89.4 Å². The van der Waals surface area contributed by atoms with E-state index in [0.29, 0.717) is 5.69 Å². The summed E-state index contributed by atoms with van der Waals surface area (Å²) in [5, 5.41) is 5.58. The Labute approximate surface area is 251 Å². The molecule has 0 fully saturated rings. The standard InChI is InChI=1S/C30H38N4O5S.2CH4/c1-21(2)20-34(40(37,38)26-17-15-25(31)16-18-26)22(3)19-32-29(35)28(33-30(36)39-4)27(23-11-7-5-8-12-23)24-13-9-6-10-14-24;;/h5-18,21-22,27-28H,19-20,31H2,1-4H3,(H,32,35)(H,33,36);2*1H4. The number of hydrogen-bond acceptors (Lipinski definition) is 6. The van der Waals surface area contributed by atoms with Crippen LogP contribution in [-0.4, -0.2) is 57.0 Å². The van der Waals surface area contributed by atoms with E-state index in [2.05, 4.69) is 10.6 Å². The number of carbonyl (C=O) groups is 2. The highest BCUT2D eigenvalue weighted by Crippen LogP contribution is 2.29. The number of amides is 2. The topological polar surface area (TPSA) is 131 Å². The molecule has 0 heterocycles. The molecule has 2 unspecified atom stereocenters. The van der Waals surface area contributed by atoms with Crippen molar-refractivity contribution in [1.29, 1.82) is 0 Å². The largest absolute Gasteiger partial charge is 0.453 e. The van der Waals surface area contributed by atoms with E-state index in [4.69, 9.17) is 10.5 Å². The summed E-state index contributed by atoms with van der Waals surface area (Å²) < 4.78 is 33.3. The van der Waals surface area contributed by atoms with Crippen molar-refractivity contribution in [3.05, 3.63) is 96.1 Å². The molecule has 0 radical (unpaired) electrons. The number of ether oxygens (including phenoxy) is 1. The van der Waals surface area contributed by atoms with Gasteiger partial charge in [-0.3, -0.25) is 4.79 Å². The van der Waals surface area contributed by atoms with Crippen LogP contribution in [0.2, 0.25) is 0 Å². The summed E-state index contributed by atoms with van der Waals surface area (Å²) in [5.74, 6) is -0.956. The van der Waals surface area contributed by atoms with Crippen LogP contribution in [0.1, 0.15) is 52.7 Å². The maximum absolute atomic E-state index is 13.7. The lowest BCUT2D eigenvalue weighted by Gasteiger charge is -2.32. The van der Waals surface area contributed by atoms with Crippen LogP contribution in [0.25, 0.3) is 0 Å². The van der Waals surface area contributed by atoms with Crippen LogP contribution in [0.3, 0.4) is 0 Å². The Bertz CT molecular complexity index is 1310. The lowest BCUT2D eigenvalue weighted by molar-refractivity contribution is -0.123. The van der Waals surface area contributed by atoms with Gasteiger partial charge in [-0.2, -0.15) is 4.31 Å². The van der Waals surface area contributed by atoms with Crippen molar-refractivity contribution in [2.24, 2.45) is 5.92 Å². The number of nitrogen functional groups attached to an aromatic ring is 1. The molecule has 2 atom stereocenters. The summed E-state index contributed by atoms with van der Waals surface area (Å²) >= 11 is 0. The third-order valence-electron chi connectivity index (χ3n) is 6.49. The van der Waals surface area contributed by atoms with E-state index in [1.54, 1.807) is 19.1 Å². The van der Waals surface area contributed by atoms with Crippen LogP contribution in [0, 0.1) is 5.92 Å². The maximum Gasteiger partial charge on any atom is 0.407 e. The zero-order chi connectivity index (χ0) is 29.3. The predicted octanol–water partition coefficient (Wildman–Crippen LogP) is 5.25. The molecule has 0 aliphatic rings. The molecule has 42 heavy (non-hydrogen) atoms. The van der Waals surface area contributed by atoms with Crippen LogP contribution in [0.4, 0.5) is 10.5 Å². The van der Waals surface area contributed by atoms with Crippen molar-refractivity contribution in [2.75, 3.05) is 25.9 Å². The molecule has 0 aliphatic carbocycles. The second-order valence-electron chi connectivity index (χ2n) is 10.0. The van der Waals surface area contributed by atoms with Gasteiger partial charge in [0.25, 0.3) is 0 Å². The minimum absolute atomic E-state index is 0. The van der Waals surface area contributed by atoms with Crippen LogP contribution in [0.15, 0.2) is 89.8 Å². The quantitative estimate of drug-likeness (QED) is 0.244. The monoisotopic (exact) mass is 598 g/mol. The normalized spacial score (nSPS) is 12.5. The van der Waals surface area contributed by atoms with E-state index >= 15 is 0 Å². The van der Waals surface area contributed by atoms with Crippen molar-refractivity contribution in [1.82, 2.24) is 14.9 Å². The number of anilines is 1. The SMILES string of the molecule is C.C.COC(=O)NC(C(=O)NCC(C)N(CC(C)C)S(=O)(=O)c1ccc(N)cc1)C(c1ccccc1)c1ccccc1. The van der Waals surface area contributed by atoms with Crippen molar-refractivity contribution >= 4 is 27.7 Å². The molecule has 2 amide bonds. The number of nitrogens with two attached hydrogens (primary N) is 1. The van der Waals surface area contributed by atoms with E-state index < -0.39 is 40.0 Å². The molecule has 0 spiro atoms. The zero-order valence-corrected chi connectivity index (χ0v) is 24.1. The van der Waals surface area contributed by atoms with Gasteiger partial charge in [0.1, 0.15) is 6.04 Å². The smallest absolute Gasteiger partial charge is 0.407 e. The minimum atomic E-state index is -3.87. The van der Waals surface area contributed by atoms with Crippen molar-refractivity contribution < 1.29 is 22.7 Å². The molecule has 230 valence electrons. The average Bonchev–Trinajstić information content (AvgIpc) is 2.95. The fraction of sp³-hybridized carbons (Fsp3) is 0.375. The summed E-state index contributed by atoms with van der Waals surface area (Å²) in [5.41, 5.74) is 7.87. The van der Waals surface area contributed by atoms with Crippen molar-refractivity contribution in [2.45, 2.75) is 58.5 Å². The summed E-state index contributed by atoms with van der Waals surface area (Å²) in [6, 6.07) is 23.2. The average molecular weight is 599 g/mol. The van der Waals surface area contributed by atoms with E-state index in [1.807, 2.05) is 74.5 Å². The van der Waals surface area contributed by atoms with Gasteiger partial charge in [0.15, 0.2) is 0 Å². The van der Waals surface area contributed by atoms with Crippen molar-refractivity contribution in [3.8, 4) is 0 Å². The number of sulfonamides is 1. The number of hydrogen-bond donors (Lipinski definition) is 3. The highest BCUT2D eigenvalue weighted by Gasteiger charge is 2.34. The Hall–Kier alpha value is -3.89. The Kier molecular flexibility index (Phi) is 14.2. The molecular formula is C32H46N4O5S. The molecule has 0 saturated carbocycles. The summed E-state index contributed by atoms with van der Waals surface area (Å²) in [6.07, 6.45) is -0.752. The number of carbonyl (C=O) groups excluding carboxylic acids is 2. The third-order valence-corrected chi connectivity index (χ3v) is 8.48. The molecular weight excluding hydrogens is 552 g/mol. The first-order valence-electron chi connectivity index (χ1n) is 13.1. The summed E-state index contributed by atoms with van der Waals surface area (Å²) in [4.78, 5) is 26.2. The van der Waals surface area contributed by atoms with E-state index in [9.17, 15) is 18.0 Å². The Morgan fingerprint density at radius 1 is 0.857 bits per heavy atom. The molecule has 3 aromatic carbocycles. The van der Waals surface area contributed by atoms with Gasteiger partial charge in [-0.25, -0.2) is 13.2 Å². The summed E-state index contributed by atoms with van der Waals surface area (Å²) in [6.45, 7) is 5.88. The first-order valence-corrected chi connectivity index (χ1v) is 14.6. The number of alkyl carbamates (subject to hydrolysis) is 1. The zero-order valence-electron chi connectivity index (χ0n) is 23.3. The molecule has 3 aromatic rings. The van der Waals surface area contributed by atoms with Crippen molar-refractivity contribution in [3.63, 3.8) is 0 Å². The fourth-order valence-electron chi connectivity index (χ4n) is 4.49. The third kappa shape index (κ3) is 9.32. The first kappa shape index (κ1) is 36.1. The second-order valence-corrected chi connectivity index (χ2v) is 11.9. The molecule has 3 rings (SSSR count). The molecule has 10 heteroatoms. The molecule has 0 aromatic heterocycles. The first-order chi connectivity index (χ1) is 19.0. The molecule has 0 bridgehead atoms. The lowest BCUT2D eigenvalue weighted by atomic mass is 9.84. The highest BCUT2D eigenvalue weighted by atomic mass is 32.2. The molecule has 4 N–H and O–H groups in total. The number of benzene rings is 3. The van der Waals surface area contributed by atoms with Crippen LogP contribution in [0.5, 0.6) is 0 Å². The van der Waals surface area contributed by atoms with Gasteiger partial charge in [0, 0.05) is 30.7 Å².